The fourth-order valence-corrected chi connectivity index (χ4v) is 5.42. The van der Waals surface area contributed by atoms with Gasteiger partial charge in [-0.05, 0) is 60.6 Å². The van der Waals surface area contributed by atoms with Crippen molar-refractivity contribution in [3.8, 4) is 22.6 Å². The van der Waals surface area contributed by atoms with E-state index in [1.54, 1.807) is 11.6 Å². The summed E-state index contributed by atoms with van der Waals surface area (Å²) in [7, 11) is 3.20. The first kappa shape index (κ1) is 22.3. The van der Waals surface area contributed by atoms with E-state index in [-0.39, 0.29) is 23.6 Å². The SMILES string of the molecule is COC(=O)CC1COc2cc(O[C@@H]3CCc4c(-c5c(C)cn(C)c(=O)c5C)cccc43)ccc21. The molecule has 0 N–H and O–H groups in total. The number of methoxy groups -OCH3 is 1. The van der Waals surface area contributed by atoms with E-state index in [9.17, 15) is 9.59 Å². The fraction of sp³-hybridized carbons (Fsp3) is 0.357. The Hall–Kier alpha value is -3.54. The Labute approximate surface area is 199 Å². The Morgan fingerprint density at radius 3 is 2.79 bits per heavy atom. The number of hydrogen-bond acceptors (Lipinski definition) is 5. The van der Waals surface area contributed by atoms with E-state index in [1.165, 1.54) is 18.2 Å². The molecule has 0 spiro atoms. The van der Waals surface area contributed by atoms with Crippen molar-refractivity contribution in [2.75, 3.05) is 13.7 Å². The molecule has 2 aromatic carbocycles. The molecule has 1 aromatic heterocycles. The Morgan fingerprint density at radius 1 is 1.18 bits per heavy atom. The summed E-state index contributed by atoms with van der Waals surface area (Å²) in [5, 5.41) is 0. The summed E-state index contributed by atoms with van der Waals surface area (Å²) in [6.45, 7) is 4.44. The van der Waals surface area contributed by atoms with E-state index in [0.29, 0.717) is 13.0 Å². The van der Waals surface area contributed by atoms with Gasteiger partial charge in [-0.15, -0.1) is 0 Å². The summed E-state index contributed by atoms with van der Waals surface area (Å²) in [6, 6.07) is 12.1. The summed E-state index contributed by atoms with van der Waals surface area (Å²) >= 11 is 0. The molecule has 2 aliphatic rings. The molecule has 1 aliphatic carbocycles. The van der Waals surface area contributed by atoms with Crippen LogP contribution in [0.25, 0.3) is 11.1 Å². The van der Waals surface area contributed by atoms with E-state index in [0.717, 1.165) is 52.2 Å². The minimum Gasteiger partial charge on any atom is -0.492 e. The second-order valence-corrected chi connectivity index (χ2v) is 9.23. The van der Waals surface area contributed by atoms with Gasteiger partial charge >= 0.3 is 5.97 Å². The highest BCUT2D eigenvalue weighted by molar-refractivity contribution is 5.75. The van der Waals surface area contributed by atoms with Gasteiger partial charge in [0.05, 0.1) is 20.1 Å². The topological polar surface area (TPSA) is 66.8 Å². The lowest BCUT2D eigenvalue weighted by Gasteiger charge is -2.18. The maximum absolute atomic E-state index is 12.6. The van der Waals surface area contributed by atoms with Crippen molar-refractivity contribution >= 4 is 5.97 Å². The van der Waals surface area contributed by atoms with Crippen molar-refractivity contribution in [1.82, 2.24) is 4.57 Å². The van der Waals surface area contributed by atoms with Gasteiger partial charge in [-0.2, -0.15) is 0 Å². The fourth-order valence-electron chi connectivity index (χ4n) is 5.42. The molecule has 2 heterocycles. The van der Waals surface area contributed by atoms with Crippen LogP contribution >= 0.6 is 0 Å². The van der Waals surface area contributed by atoms with Crippen LogP contribution in [0.2, 0.25) is 0 Å². The molecule has 6 nitrogen and oxygen atoms in total. The third-order valence-corrected chi connectivity index (χ3v) is 7.07. The molecular weight excluding hydrogens is 430 g/mol. The van der Waals surface area contributed by atoms with Crippen LogP contribution in [0.1, 0.15) is 52.7 Å². The Morgan fingerprint density at radius 2 is 2.00 bits per heavy atom. The molecule has 3 aromatic rings. The van der Waals surface area contributed by atoms with E-state index in [4.69, 9.17) is 14.2 Å². The summed E-state index contributed by atoms with van der Waals surface area (Å²) in [5.41, 5.74) is 7.50. The molecule has 1 unspecified atom stereocenters. The summed E-state index contributed by atoms with van der Waals surface area (Å²) in [5.74, 6) is 1.30. The van der Waals surface area contributed by atoms with Gasteiger partial charge in [0.25, 0.3) is 5.56 Å². The molecular formula is C28H29NO5. The minimum atomic E-state index is -0.234. The number of hydrogen-bond donors (Lipinski definition) is 0. The molecule has 6 heteroatoms. The van der Waals surface area contributed by atoms with E-state index in [2.05, 4.69) is 25.1 Å². The zero-order valence-electron chi connectivity index (χ0n) is 20.0. The Balaban J connectivity index is 1.42. The van der Waals surface area contributed by atoms with Crippen LogP contribution in [0.3, 0.4) is 0 Å². The molecule has 2 atom stereocenters. The van der Waals surface area contributed by atoms with Crippen molar-refractivity contribution < 1.29 is 19.0 Å². The molecule has 176 valence electrons. The highest BCUT2D eigenvalue weighted by Gasteiger charge is 2.30. The smallest absolute Gasteiger partial charge is 0.306 e. The Kier molecular flexibility index (Phi) is 5.68. The predicted octanol–water partition coefficient (Wildman–Crippen LogP) is 4.77. The molecule has 0 amide bonds. The summed E-state index contributed by atoms with van der Waals surface area (Å²) < 4.78 is 18.7. The maximum atomic E-state index is 12.6. The number of aromatic nitrogens is 1. The number of aryl methyl sites for hydroxylation is 2. The monoisotopic (exact) mass is 459 g/mol. The van der Waals surface area contributed by atoms with Gasteiger partial charge in [-0.1, -0.05) is 24.3 Å². The Bertz CT molecular complexity index is 1340. The minimum absolute atomic E-state index is 0.0105. The number of benzene rings is 2. The third kappa shape index (κ3) is 3.77. The lowest BCUT2D eigenvalue weighted by molar-refractivity contribution is -0.141. The van der Waals surface area contributed by atoms with Gasteiger partial charge in [-0.25, -0.2) is 0 Å². The second-order valence-electron chi connectivity index (χ2n) is 9.23. The molecule has 0 saturated carbocycles. The summed E-state index contributed by atoms with van der Waals surface area (Å²) in [4.78, 5) is 24.3. The molecule has 0 saturated heterocycles. The second kappa shape index (κ2) is 8.67. The zero-order valence-corrected chi connectivity index (χ0v) is 20.0. The normalized spacial score (nSPS) is 18.2. The number of fused-ring (bicyclic) bond motifs is 2. The molecule has 34 heavy (non-hydrogen) atoms. The van der Waals surface area contributed by atoms with E-state index in [1.807, 2.05) is 31.3 Å². The van der Waals surface area contributed by atoms with Gasteiger partial charge in [0.2, 0.25) is 0 Å². The number of pyridine rings is 1. The van der Waals surface area contributed by atoms with Gasteiger partial charge in [0.15, 0.2) is 0 Å². The average molecular weight is 460 g/mol. The average Bonchev–Trinajstić information content (AvgIpc) is 3.42. The molecule has 5 rings (SSSR count). The standard InChI is InChI=1S/C28H29NO5/c1-16-14-29(3)28(31)17(2)27(16)23-7-5-6-22-21(23)10-11-24(22)34-19-8-9-20-18(12-26(30)32-4)15-33-25(20)13-19/h5-9,13-14,18,24H,10-12,15H2,1-4H3/t18?,24-/m1/s1. The van der Waals surface area contributed by atoms with Crippen LogP contribution in [0.15, 0.2) is 47.4 Å². The number of ether oxygens (including phenoxy) is 3. The van der Waals surface area contributed by atoms with Gasteiger partial charge < -0.3 is 18.8 Å². The quantitative estimate of drug-likeness (QED) is 0.514. The maximum Gasteiger partial charge on any atom is 0.306 e. The molecule has 1 aliphatic heterocycles. The third-order valence-electron chi connectivity index (χ3n) is 7.07. The number of esters is 1. The highest BCUT2D eigenvalue weighted by atomic mass is 16.5. The van der Waals surface area contributed by atoms with Crippen LogP contribution in [-0.2, 0) is 23.0 Å². The van der Waals surface area contributed by atoms with Crippen molar-refractivity contribution in [1.29, 1.82) is 0 Å². The number of carbonyl (C=O) groups is 1. The van der Waals surface area contributed by atoms with Crippen LogP contribution < -0.4 is 15.0 Å². The largest absolute Gasteiger partial charge is 0.492 e. The van der Waals surface area contributed by atoms with Crippen LogP contribution in [0, 0.1) is 13.8 Å². The van der Waals surface area contributed by atoms with Crippen molar-refractivity contribution in [3.63, 3.8) is 0 Å². The first-order chi connectivity index (χ1) is 16.4. The lowest BCUT2D eigenvalue weighted by Crippen LogP contribution is -2.20. The first-order valence-electron chi connectivity index (χ1n) is 11.7. The van der Waals surface area contributed by atoms with Crippen molar-refractivity contribution in [2.45, 2.75) is 45.1 Å². The van der Waals surface area contributed by atoms with Gasteiger partial charge in [0.1, 0.15) is 17.6 Å². The predicted molar refractivity (Wildman–Crippen MR) is 130 cm³/mol. The lowest BCUT2D eigenvalue weighted by atomic mass is 9.92. The number of nitrogens with zero attached hydrogens (tertiary/aromatic N) is 1. The van der Waals surface area contributed by atoms with Gasteiger partial charge in [-0.3, -0.25) is 9.59 Å². The van der Waals surface area contributed by atoms with E-state index < -0.39 is 0 Å². The molecule has 0 radical (unpaired) electrons. The highest BCUT2D eigenvalue weighted by Crippen LogP contribution is 2.43. The molecule has 0 fully saturated rings. The van der Waals surface area contributed by atoms with Crippen molar-refractivity contribution in [3.05, 3.63) is 80.8 Å². The number of carbonyl (C=O) groups excluding carboxylic acids is 1. The van der Waals surface area contributed by atoms with Crippen LogP contribution in [0.5, 0.6) is 11.5 Å². The van der Waals surface area contributed by atoms with Crippen LogP contribution in [-0.4, -0.2) is 24.3 Å². The van der Waals surface area contributed by atoms with Crippen molar-refractivity contribution in [2.24, 2.45) is 7.05 Å². The van der Waals surface area contributed by atoms with Crippen LogP contribution in [0.4, 0.5) is 0 Å². The number of rotatable bonds is 5. The van der Waals surface area contributed by atoms with E-state index >= 15 is 0 Å². The zero-order chi connectivity index (χ0) is 24.0. The summed E-state index contributed by atoms with van der Waals surface area (Å²) in [6.07, 6.45) is 3.92. The van der Waals surface area contributed by atoms with Gasteiger partial charge in [0, 0.05) is 36.4 Å². The molecule has 0 bridgehead atoms. The first-order valence-corrected chi connectivity index (χ1v) is 11.7.